The van der Waals surface area contributed by atoms with Crippen LogP contribution in [0.1, 0.15) is 30.4 Å². The predicted molar refractivity (Wildman–Crippen MR) is 120 cm³/mol. The minimum Gasteiger partial charge on any atom is -0.384 e. The Kier molecular flexibility index (Phi) is 7.59. The molecule has 2 heterocycles. The zero-order chi connectivity index (χ0) is 22.5. The van der Waals surface area contributed by atoms with Gasteiger partial charge in [-0.25, -0.2) is 4.39 Å². The molecule has 166 valence electrons. The second-order valence-electron chi connectivity index (χ2n) is 8.07. The molecule has 1 fully saturated rings. The number of aromatic nitrogens is 2. The van der Waals surface area contributed by atoms with Crippen molar-refractivity contribution < 1.29 is 9.13 Å². The minimum atomic E-state index is -0.223. The van der Waals surface area contributed by atoms with Crippen molar-refractivity contribution in [3.63, 3.8) is 0 Å². The van der Waals surface area contributed by atoms with E-state index in [0.717, 1.165) is 37.9 Å². The van der Waals surface area contributed by atoms with Gasteiger partial charge in [-0.15, -0.1) is 0 Å². The molecule has 0 spiro atoms. The van der Waals surface area contributed by atoms with E-state index in [1.165, 1.54) is 12.1 Å². The van der Waals surface area contributed by atoms with Gasteiger partial charge in [0.25, 0.3) is 0 Å². The number of benzene rings is 1. The lowest BCUT2D eigenvalue weighted by Gasteiger charge is -2.32. The molecule has 1 aromatic carbocycles. The summed E-state index contributed by atoms with van der Waals surface area (Å²) in [6.45, 7) is 1.97. The standard InChI is InChI=1S/C22H29FN6OS/c1-27(13-15-7-9-16(23)10-8-15)14-18-6-4-5-17(30-18)12-26-21-19(11-24)20(25)28(2)22(31)29(21)3/h7-10,17-18H,4-6,12-14,25H2,1-3H3/t17-,18-/m1/s1. The van der Waals surface area contributed by atoms with Crippen molar-refractivity contribution in [3.8, 4) is 6.07 Å². The Morgan fingerprint density at radius 2 is 1.94 bits per heavy atom. The van der Waals surface area contributed by atoms with Gasteiger partial charge in [-0.3, -0.25) is 9.89 Å². The first-order valence-electron chi connectivity index (χ1n) is 10.3. The summed E-state index contributed by atoms with van der Waals surface area (Å²) < 4.78 is 23.2. The van der Waals surface area contributed by atoms with Gasteiger partial charge in [0.15, 0.2) is 10.3 Å². The van der Waals surface area contributed by atoms with Gasteiger partial charge in [0.2, 0.25) is 0 Å². The smallest absolute Gasteiger partial charge is 0.182 e. The monoisotopic (exact) mass is 444 g/mol. The number of nitrogens with two attached hydrogens (primary N) is 1. The van der Waals surface area contributed by atoms with Crippen LogP contribution in [0, 0.1) is 21.9 Å². The van der Waals surface area contributed by atoms with E-state index in [9.17, 15) is 9.65 Å². The van der Waals surface area contributed by atoms with Crippen LogP contribution in [0.5, 0.6) is 0 Å². The van der Waals surface area contributed by atoms with Crippen molar-refractivity contribution >= 4 is 18.0 Å². The highest BCUT2D eigenvalue weighted by atomic mass is 32.1. The molecule has 1 aliphatic heterocycles. The fraction of sp³-hybridized carbons (Fsp3) is 0.500. The lowest BCUT2D eigenvalue weighted by atomic mass is 10.0. The minimum absolute atomic E-state index is 0.0201. The van der Waals surface area contributed by atoms with Crippen molar-refractivity contribution in [3.05, 3.63) is 51.5 Å². The number of anilines is 1. The van der Waals surface area contributed by atoms with Gasteiger partial charge in [-0.05, 0) is 56.2 Å². The second-order valence-corrected chi connectivity index (χ2v) is 8.44. The summed E-state index contributed by atoms with van der Waals surface area (Å²) in [5, 5.41) is 9.55. The number of nitriles is 1. The Labute approximate surface area is 187 Å². The highest BCUT2D eigenvalue weighted by Gasteiger charge is 2.23. The molecule has 1 aliphatic rings. The van der Waals surface area contributed by atoms with Crippen LogP contribution < -0.4 is 11.2 Å². The molecule has 1 saturated heterocycles. The normalized spacial score (nSPS) is 19.5. The summed E-state index contributed by atoms with van der Waals surface area (Å²) >= 11 is 5.39. The van der Waals surface area contributed by atoms with Gasteiger partial charge in [-0.2, -0.15) is 5.26 Å². The molecule has 0 bridgehead atoms. The summed E-state index contributed by atoms with van der Waals surface area (Å²) in [5.74, 6) is 0.0906. The molecule has 1 aromatic heterocycles. The van der Waals surface area contributed by atoms with Crippen LogP contribution in [0.25, 0.3) is 0 Å². The lowest BCUT2D eigenvalue weighted by Crippen LogP contribution is -2.38. The average Bonchev–Trinajstić information content (AvgIpc) is 2.75. The zero-order valence-electron chi connectivity index (χ0n) is 18.2. The van der Waals surface area contributed by atoms with Crippen LogP contribution in [-0.4, -0.2) is 46.4 Å². The van der Waals surface area contributed by atoms with E-state index in [0.29, 0.717) is 28.2 Å². The average molecular weight is 445 g/mol. The predicted octanol–water partition coefficient (Wildman–Crippen LogP) is 2.66. The molecule has 0 unspecified atom stereocenters. The van der Waals surface area contributed by atoms with E-state index in [4.69, 9.17) is 22.7 Å². The van der Waals surface area contributed by atoms with Crippen molar-refractivity contribution in [2.24, 2.45) is 19.1 Å². The van der Waals surface area contributed by atoms with E-state index in [1.807, 2.05) is 7.05 Å². The number of halogens is 1. The third-order valence-electron chi connectivity index (χ3n) is 5.61. The fourth-order valence-corrected chi connectivity index (χ4v) is 4.10. The highest BCUT2D eigenvalue weighted by molar-refractivity contribution is 7.71. The maximum absolute atomic E-state index is 13.1. The van der Waals surface area contributed by atoms with E-state index in [1.54, 1.807) is 35.4 Å². The summed E-state index contributed by atoms with van der Waals surface area (Å²) in [7, 11) is 5.56. The Morgan fingerprint density at radius 1 is 1.26 bits per heavy atom. The van der Waals surface area contributed by atoms with Gasteiger partial charge >= 0.3 is 0 Å². The van der Waals surface area contributed by atoms with Crippen LogP contribution in [0.3, 0.4) is 0 Å². The largest absolute Gasteiger partial charge is 0.384 e. The first kappa shape index (κ1) is 23.1. The first-order valence-corrected chi connectivity index (χ1v) is 10.8. The fourth-order valence-electron chi connectivity index (χ4n) is 3.91. The van der Waals surface area contributed by atoms with Crippen molar-refractivity contribution in [1.29, 1.82) is 5.26 Å². The van der Waals surface area contributed by atoms with Crippen molar-refractivity contribution in [2.45, 2.75) is 38.0 Å². The van der Waals surface area contributed by atoms with Crippen LogP contribution >= 0.6 is 12.2 Å². The molecular weight excluding hydrogens is 415 g/mol. The third kappa shape index (κ3) is 5.58. The maximum atomic E-state index is 13.1. The molecule has 2 atom stereocenters. The molecule has 9 heteroatoms. The lowest BCUT2D eigenvalue weighted by molar-refractivity contribution is -0.0564. The van der Waals surface area contributed by atoms with Crippen LogP contribution in [0.15, 0.2) is 29.3 Å². The molecule has 3 rings (SSSR count). The van der Waals surface area contributed by atoms with E-state index in [2.05, 4.69) is 16.0 Å². The molecule has 31 heavy (non-hydrogen) atoms. The number of ether oxygens (including phenoxy) is 1. The maximum Gasteiger partial charge on any atom is 0.182 e. The quantitative estimate of drug-likeness (QED) is 0.693. The summed E-state index contributed by atoms with van der Waals surface area (Å²) in [6.07, 6.45) is 3.06. The number of likely N-dealkylation sites (N-methyl/N-ethyl adjacent to an activating group) is 1. The molecular formula is C22H29FN6OS. The number of hydrogen-bond acceptors (Lipinski definition) is 6. The van der Waals surface area contributed by atoms with Gasteiger partial charge in [0.05, 0.1) is 18.8 Å². The Bertz CT molecular complexity index is 1090. The van der Waals surface area contributed by atoms with E-state index in [-0.39, 0.29) is 18.0 Å². The summed E-state index contributed by atoms with van der Waals surface area (Å²) in [6, 6.07) is 8.73. The van der Waals surface area contributed by atoms with Gasteiger partial charge in [-0.1, -0.05) is 12.1 Å². The van der Waals surface area contributed by atoms with Gasteiger partial charge in [0.1, 0.15) is 23.3 Å². The molecule has 2 aromatic rings. The summed E-state index contributed by atoms with van der Waals surface area (Å²) in [4.78, 5) is 6.85. The second kappa shape index (κ2) is 10.2. The first-order chi connectivity index (χ1) is 14.8. The van der Waals surface area contributed by atoms with Crippen molar-refractivity contribution in [2.75, 3.05) is 25.9 Å². The van der Waals surface area contributed by atoms with E-state index >= 15 is 0 Å². The number of hydrogen-bond donors (Lipinski definition) is 1. The SMILES string of the molecule is CN(Cc1ccc(F)cc1)C[C@H]1CCC[C@H](CN=c2c(C#N)c(N)n(C)c(=S)n2C)O1. The highest BCUT2D eigenvalue weighted by Crippen LogP contribution is 2.20. The van der Waals surface area contributed by atoms with Crippen LogP contribution in [0.2, 0.25) is 0 Å². The zero-order valence-corrected chi connectivity index (χ0v) is 19.0. The van der Waals surface area contributed by atoms with E-state index < -0.39 is 0 Å². The van der Waals surface area contributed by atoms with Crippen LogP contribution in [0.4, 0.5) is 10.2 Å². The molecule has 0 radical (unpaired) electrons. The van der Waals surface area contributed by atoms with Crippen molar-refractivity contribution in [1.82, 2.24) is 14.0 Å². The molecule has 0 aliphatic carbocycles. The Balaban J connectivity index is 1.66. The Hall–Kier alpha value is -2.54. The van der Waals surface area contributed by atoms with Gasteiger partial charge < -0.3 is 19.6 Å². The van der Waals surface area contributed by atoms with Crippen LogP contribution in [-0.2, 0) is 25.4 Å². The number of nitrogens with zero attached hydrogens (tertiary/aromatic N) is 5. The Morgan fingerprint density at radius 3 is 2.61 bits per heavy atom. The molecule has 0 amide bonds. The third-order valence-corrected chi connectivity index (χ3v) is 6.16. The molecule has 2 N–H and O–H groups in total. The summed E-state index contributed by atoms with van der Waals surface area (Å²) in [5.41, 5.74) is 7.94. The molecule has 0 saturated carbocycles. The topological polar surface area (TPSA) is 84.5 Å². The molecule has 7 nitrogen and oxygen atoms in total. The number of rotatable bonds is 6. The number of nitrogen functional groups attached to an aromatic ring is 1. The van der Waals surface area contributed by atoms with Gasteiger partial charge in [0, 0.05) is 27.2 Å².